The molecule has 2 atom stereocenters. The van der Waals surface area contributed by atoms with Gasteiger partial charge in [-0.15, -0.1) is 0 Å². The lowest BCUT2D eigenvalue weighted by molar-refractivity contribution is -0.127. The van der Waals surface area contributed by atoms with Gasteiger partial charge in [-0.05, 0) is 31.4 Å². The number of carbonyl (C=O) groups excluding carboxylic acids is 1. The second-order valence-corrected chi connectivity index (χ2v) is 9.77. The number of amides is 1. The normalized spacial score (nSPS) is 22.8. The Bertz CT molecular complexity index is 1230. The first-order valence-electron chi connectivity index (χ1n) is 11.2. The molecule has 2 aromatic rings. The summed E-state index contributed by atoms with van der Waals surface area (Å²) >= 11 is 1.25. The molecule has 5 rings (SSSR count). The zero-order valence-corrected chi connectivity index (χ0v) is 19.7. The van der Waals surface area contributed by atoms with Gasteiger partial charge in [0.05, 0.1) is 24.0 Å². The molecule has 180 valence electrons. The van der Waals surface area contributed by atoms with Crippen molar-refractivity contribution in [3.8, 4) is 0 Å². The number of rotatable bonds is 5. The Morgan fingerprint density at radius 2 is 2.12 bits per heavy atom. The maximum absolute atomic E-state index is 13.0. The largest absolute Gasteiger partial charge is 0.477 e. The van der Waals surface area contributed by atoms with Crippen molar-refractivity contribution >= 4 is 47.0 Å². The van der Waals surface area contributed by atoms with Gasteiger partial charge in [-0.1, -0.05) is 0 Å². The quantitative estimate of drug-likeness (QED) is 0.599. The van der Waals surface area contributed by atoms with E-state index >= 15 is 0 Å². The van der Waals surface area contributed by atoms with Gasteiger partial charge in [0.15, 0.2) is 5.50 Å². The van der Waals surface area contributed by atoms with Crippen LogP contribution in [0, 0.1) is 12.8 Å². The molecule has 2 fully saturated rings. The number of carboxylic acids is 1. The van der Waals surface area contributed by atoms with E-state index in [4.69, 9.17) is 9.72 Å². The van der Waals surface area contributed by atoms with Crippen molar-refractivity contribution in [1.82, 2.24) is 19.8 Å². The van der Waals surface area contributed by atoms with Gasteiger partial charge in [0, 0.05) is 44.9 Å². The fraction of sp³-hybridized carbons (Fsp3) is 0.500. The van der Waals surface area contributed by atoms with E-state index in [1.54, 1.807) is 23.9 Å². The number of aryl methyl sites for hydroxylation is 1. The lowest BCUT2D eigenvalue weighted by Crippen LogP contribution is -2.56. The molecular formula is C22H26N6O5S. The highest BCUT2D eigenvalue weighted by Crippen LogP contribution is 2.34. The number of nitrogens with zero attached hydrogens (tertiary/aromatic N) is 5. The molecule has 11 nitrogen and oxygen atoms in total. The lowest BCUT2D eigenvalue weighted by atomic mass is 9.97. The van der Waals surface area contributed by atoms with Crippen LogP contribution in [-0.4, -0.2) is 77.2 Å². The van der Waals surface area contributed by atoms with E-state index in [9.17, 15) is 19.5 Å². The summed E-state index contributed by atoms with van der Waals surface area (Å²) in [5.41, 5.74) is -0.195. The topological polar surface area (TPSA) is 129 Å². The van der Waals surface area contributed by atoms with Crippen molar-refractivity contribution in [2.24, 2.45) is 10.3 Å². The number of pyridine rings is 2. The zero-order chi connectivity index (χ0) is 24.0. The van der Waals surface area contributed by atoms with E-state index in [1.165, 1.54) is 18.1 Å². The molecule has 12 heteroatoms. The van der Waals surface area contributed by atoms with Crippen LogP contribution in [0.2, 0.25) is 0 Å². The van der Waals surface area contributed by atoms with Gasteiger partial charge in [-0.25, -0.2) is 14.2 Å². The van der Waals surface area contributed by atoms with Gasteiger partial charge in [0.2, 0.25) is 11.3 Å². The molecule has 0 radical (unpaired) electrons. The van der Waals surface area contributed by atoms with Crippen LogP contribution in [0.15, 0.2) is 21.5 Å². The Kier molecular flexibility index (Phi) is 5.94. The smallest absolute Gasteiger partial charge is 0.341 e. The molecule has 0 saturated carbocycles. The number of carbonyl (C=O) groups is 2. The summed E-state index contributed by atoms with van der Waals surface area (Å²) in [5, 5.41) is 12.9. The Hall–Kier alpha value is -3.12. The second kappa shape index (κ2) is 8.91. The molecular weight excluding hydrogens is 460 g/mol. The van der Waals surface area contributed by atoms with E-state index in [0.29, 0.717) is 36.7 Å². The van der Waals surface area contributed by atoms with Gasteiger partial charge in [0.1, 0.15) is 23.4 Å². The highest BCUT2D eigenvalue weighted by molar-refractivity contribution is 7.98. The fourth-order valence-electron chi connectivity index (χ4n) is 4.52. The molecule has 3 aliphatic rings. The summed E-state index contributed by atoms with van der Waals surface area (Å²) in [6.45, 7) is 4.13. The second-order valence-electron chi connectivity index (χ2n) is 8.92. The van der Waals surface area contributed by atoms with Crippen molar-refractivity contribution in [2.75, 3.05) is 38.3 Å². The van der Waals surface area contributed by atoms with E-state index < -0.39 is 11.4 Å². The van der Waals surface area contributed by atoms with Gasteiger partial charge in [-0.2, -0.15) is 0 Å². The minimum Gasteiger partial charge on any atom is -0.477 e. The number of aromatic nitrogens is 2. The Labute approximate surface area is 199 Å². The van der Waals surface area contributed by atoms with Gasteiger partial charge in [0.25, 0.3) is 0 Å². The predicted octanol–water partition coefficient (Wildman–Crippen LogP) is 1.21. The minimum absolute atomic E-state index is 0.0217. The molecule has 2 unspecified atom stereocenters. The number of hydrogen-bond donors (Lipinski definition) is 2. The Morgan fingerprint density at radius 1 is 1.32 bits per heavy atom. The van der Waals surface area contributed by atoms with E-state index in [-0.39, 0.29) is 34.3 Å². The van der Waals surface area contributed by atoms with Crippen molar-refractivity contribution in [2.45, 2.75) is 31.3 Å². The van der Waals surface area contributed by atoms with E-state index in [1.807, 2.05) is 16.8 Å². The number of fused-ring (bicyclic) bond motifs is 1. The van der Waals surface area contributed by atoms with Crippen LogP contribution < -0.4 is 15.6 Å². The Balaban J connectivity index is 1.43. The monoisotopic (exact) mass is 486 g/mol. The standard InChI is InChI=1S/C22H26N6O5S/c1-12-6-16(27-7-13(8-27)20(30)24-14-4-3-5-33-10-14)25-19-17(12)18(29)15(21(31)32)9-28(19)22-26(2)11-23-34-22/h6,9,11,13-14,22H,3-5,7-8,10H2,1-2H3,(H,24,30)(H,31,32). The van der Waals surface area contributed by atoms with Crippen LogP contribution in [0.4, 0.5) is 5.82 Å². The number of ether oxygens (including phenoxy) is 1. The fourth-order valence-corrected chi connectivity index (χ4v) is 5.30. The first-order valence-corrected chi connectivity index (χ1v) is 12.0. The first-order chi connectivity index (χ1) is 16.3. The molecule has 0 aromatic carbocycles. The number of anilines is 1. The summed E-state index contributed by atoms with van der Waals surface area (Å²) in [7, 11) is 1.82. The molecule has 0 spiro atoms. The highest BCUT2D eigenvalue weighted by Gasteiger charge is 2.35. The van der Waals surface area contributed by atoms with Crippen molar-refractivity contribution in [1.29, 1.82) is 0 Å². The Morgan fingerprint density at radius 3 is 2.76 bits per heavy atom. The summed E-state index contributed by atoms with van der Waals surface area (Å²) in [6, 6.07) is 1.85. The summed E-state index contributed by atoms with van der Waals surface area (Å²) in [6.07, 6.45) is 4.87. The maximum Gasteiger partial charge on any atom is 0.341 e. The van der Waals surface area contributed by atoms with E-state index in [0.717, 1.165) is 19.4 Å². The number of hydrogen-bond acceptors (Lipinski definition) is 9. The van der Waals surface area contributed by atoms with Crippen LogP contribution in [0.5, 0.6) is 0 Å². The third kappa shape index (κ3) is 4.00. The summed E-state index contributed by atoms with van der Waals surface area (Å²) in [5.74, 6) is -0.747. The molecule has 2 saturated heterocycles. The first kappa shape index (κ1) is 22.7. The van der Waals surface area contributed by atoms with Crippen LogP contribution >= 0.6 is 11.9 Å². The maximum atomic E-state index is 13.0. The molecule has 0 bridgehead atoms. The molecule has 2 aromatic heterocycles. The van der Waals surface area contributed by atoms with Crippen molar-refractivity contribution in [3.05, 3.63) is 33.6 Å². The average molecular weight is 487 g/mol. The zero-order valence-electron chi connectivity index (χ0n) is 18.9. The summed E-state index contributed by atoms with van der Waals surface area (Å²) < 4.78 is 11.3. The van der Waals surface area contributed by atoms with E-state index in [2.05, 4.69) is 9.71 Å². The molecule has 1 amide bonds. The molecule has 5 heterocycles. The molecule has 2 N–H and O–H groups in total. The molecule has 0 aliphatic carbocycles. The summed E-state index contributed by atoms with van der Waals surface area (Å²) in [4.78, 5) is 45.9. The van der Waals surface area contributed by atoms with Crippen molar-refractivity contribution < 1.29 is 19.4 Å². The van der Waals surface area contributed by atoms with Gasteiger partial charge >= 0.3 is 5.97 Å². The third-order valence-electron chi connectivity index (χ3n) is 6.45. The number of nitrogens with one attached hydrogen (secondary N) is 1. The van der Waals surface area contributed by atoms with Gasteiger partial charge < -0.3 is 25.0 Å². The average Bonchev–Trinajstić information content (AvgIpc) is 3.18. The van der Waals surface area contributed by atoms with Crippen molar-refractivity contribution in [3.63, 3.8) is 0 Å². The SMILES string of the molecule is Cc1cc(N2CC(C(=O)NC3CCCOC3)C2)nc2c1c(=O)c(C(=O)O)cn2C1SN=CN1C. The highest BCUT2D eigenvalue weighted by atomic mass is 32.2. The van der Waals surface area contributed by atoms with Crippen LogP contribution in [0.3, 0.4) is 0 Å². The predicted molar refractivity (Wildman–Crippen MR) is 128 cm³/mol. The lowest BCUT2D eigenvalue weighted by Gasteiger charge is -2.40. The number of aromatic carboxylic acids is 1. The minimum atomic E-state index is -1.28. The van der Waals surface area contributed by atoms with Crippen LogP contribution in [0.25, 0.3) is 11.0 Å². The van der Waals surface area contributed by atoms with Gasteiger partial charge in [-0.3, -0.25) is 14.2 Å². The van der Waals surface area contributed by atoms with Crippen LogP contribution in [-0.2, 0) is 9.53 Å². The number of carboxylic acid groups (broad SMARTS) is 1. The molecule has 3 aliphatic heterocycles. The third-order valence-corrected chi connectivity index (χ3v) is 7.42. The molecule has 34 heavy (non-hydrogen) atoms. The van der Waals surface area contributed by atoms with Crippen LogP contribution in [0.1, 0.15) is 34.3 Å².